The van der Waals surface area contributed by atoms with Gasteiger partial charge in [0.25, 0.3) is 5.91 Å². The summed E-state index contributed by atoms with van der Waals surface area (Å²) in [7, 11) is 0. The zero-order valence-corrected chi connectivity index (χ0v) is 19.2. The number of rotatable bonds is 5. The third-order valence-electron chi connectivity index (χ3n) is 4.94. The van der Waals surface area contributed by atoms with E-state index in [-0.39, 0.29) is 24.8 Å². The molecule has 0 spiro atoms. The summed E-state index contributed by atoms with van der Waals surface area (Å²) < 4.78 is 6.01. The highest BCUT2D eigenvalue weighted by atomic mass is 79.9. The second kappa shape index (κ2) is 9.78. The van der Waals surface area contributed by atoms with Crippen LogP contribution in [0.1, 0.15) is 48.4 Å². The molecule has 4 rings (SSSR count). The van der Waals surface area contributed by atoms with E-state index in [4.69, 9.17) is 4.74 Å². The minimum Gasteiger partial charge on any atom is -0.456 e. The van der Waals surface area contributed by atoms with Crippen LogP contribution in [0.4, 0.5) is 4.79 Å². The van der Waals surface area contributed by atoms with Gasteiger partial charge in [-0.3, -0.25) is 9.69 Å². The molecule has 1 saturated heterocycles. The number of ether oxygens (including phenoxy) is 1. The van der Waals surface area contributed by atoms with Crippen molar-refractivity contribution in [3.8, 4) is 0 Å². The normalized spacial score (nSPS) is 14.1. The number of para-hydroxylation sites is 1. The predicted molar refractivity (Wildman–Crippen MR) is 122 cm³/mol. The third kappa shape index (κ3) is 4.49. The van der Waals surface area contributed by atoms with Crippen molar-refractivity contribution in [2.45, 2.75) is 33.4 Å². The maximum Gasteiger partial charge on any atom is 0.356 e. The van der Waals surface area contributed by atoms with Crippen molar-refractivity contribution in [3.63, 3.8) is 0 Å². The maximum absolute atomic E-state index is 12.6. The molecule has 8 heteroatoms. The summed E-state index contributed by atoms with van der Waals surface area (Å²) in [6.45, 7) is 5.93. The van der Waals surface area contributed by atoms with Crippen molar-refractivity contribution in [2.75, 3.05) is 6.54 Å². The Morgan fingerprint density at radius 2 is 1.84 bits per heavy atom. The van der Waals surface area contributed by atoms with Gasteiger partial charge in [0.15, 0.2) is 0 Å². The van der Waals surface area contributed by atoms with Crippen LogP contribution in [0.3, 0.4) is 0 Å². The number of amides is 3. The Kier molecular flexibility index (Phi) is 7.12. The molecular weight excluding hydrogens is 462 g/mol. The van der Waals surface area contributed by atoms with E-state index in [1.54, 1.807) is 6.92 Å². The van der Waals surface area contributed by atoms with E-state index in [1.165, 1.54) is 4.90 Å². The van der Waals surface area contributed by atoms with Crippen LogP contribution >= 0.6 is 15.9 Å². The molecule has 1 fully saturated rings. The quantitative estimate of drug-likeness (QED) is 0.396. The first-order valence-electron chi connectivity index (χ1n) is 10.1. The van der Waals surface area contributed by atoms with Gasteiger partial charge >= 0.3 is 12.0 Å². The number of halogens is 1. The summed E-state index contributed by atoms with van der Waals surface area (Å²) in [5.41, 5.74) is 2.58. The zero-order chi connectivity index (χ0) is 22.5. The number of hydrogen-bond acceptors (Lipinski definition) is 4. The first kappa shape index (κ1) is 22.6. The van der Waals surface area contributed by atoms with E-state index in [1.807, 2.05) is 62.4 Å². The average molecular weight is 486 g/mol. The van der Waals surface area contributed by atoms with E-state index in [2.05, 4.69) is 26.2 Å². The lowest BCUT2D eigenvalue weighted by Crippen LogP contribution is -2.33. The standard InChI is InChI=1S/C21H18BrN3O4.C2H6/c1-12(25-16(26)10-23-21(25)28)14-8-5-9-15-17(22)19(24-18(14)15)20(27)29-11-13-6-3-2-4-7-13;1-2/h2-9,12,24H,10-11H2,1H3,(H,23,28);1-2H3. The summed E-state index contributed by atoms with van der Waals surface area (Å²) in [6, 6.07) is 14.0. The van der Waals surface area contributed by atoms with Crippen molar-refractivity contribution in [1.82, 2.24) is 15.2 Å². The number of urea groups is 1. The highest BCUT2D eigenvalue weighted by molar-refractivity contribution is 9.10. The summed E-state index contributed by atoms with van der Waals surface area (Å²) >= 11 is 3.48. The van der Waals surface area contributed by atoms with Crippen molar-refractivity contribution in [1.29, 1.82) is 0 Å². The second-order valence-electron chi connectivity index (χ2n) is 6.74. The van der Waals surface area contributed by atoms with Crippen LogP contribution in [-0.2, 0) is 16.1 Å². The lowest BCUT2D eigenvalue weighted by Gasteiger charge is -2.22. The number of benzene rings is 2. The molecule has 0 bridgehead atoms. The number of aromatic nitrogens is 1. The molecule has 0 aliphatic carbocycles. The molecule has 1 aliphatic rings. The number of H-pyrrole nitrogens is 1. The van der Waals surface area contributed by atoms with Crippen LogP contribution < -0.4 is 5.32 Å². The first-order chi connectivity index (χ1) is 15.0. The number of aromatic amines is 1. The molecule has 162 valence electrons. The number of carbonyl (C=O) groups is 3. The Morgan fingerprint density at radius 1 is 1.13 bits per heavy atom. The van der Waals surface area contributed by atoms with Crippen molar-refractivity contribution < 1.29 is 19.1 Å². The molecule has 2 aromatic carbocycles. The van der Waals surface area contributed by atoms with Crippen molar-refractivity contribution in [3.05, 3.63) is 69.8 Å². The van der Waals surface area contributed by atoms with Gasteiger partial charge in [0.1, 0.15) is 12.3 Å². The van der Waals surface area contributed by atoms with Crippen LogP contribution in [0.2, 0.25) is 0 Å². The minimum absolute atomic E-state index is 0.00929. The fourth-order valence-corrected chi connectivity index (χ4v) is 4.05. The van der Waals surface area contributed by atoms with Crippen LogP contribution in [0.5, 0.6) is 0 Å². The van der Waals surface area contributed by atoms with Gasteiger partial charge in [-0.1, -0.05) is 62.4 Å². The SMILES string of the molecule is CC.CC(c1cccc2c(Br)c(C(=O)OCc3ccccc3)[nH]c12)N1C(=O)CNC1=O. The highest BCUT2D eigenvalue weighted by Crippen LogP contribution is 2.35. The molecule has 31 heavy (non-hydrogen) atoms. The summed E-state index contributed by atoms with van der Waals surface area (Å²) in [5.74, 6) is -0.779. The number of fused-ring (bicyclic) bond motifs is 1. The lowest BCUT2D eigenvalue weighted by atomic mass is 10.0. The molecule has 3 amide bonds. The van der Waals surface area contributed by atoms with Crippen molar-refractivity contribution in [2.24, 2.45) is 0 Å². The van der Waals surface area contributed by atoms with Crippen LogP contribution in [0.25, 0.3) is 10.9 Å². The summed E-state index contributed by atoms with van der Waals surface area (Å²) in [4.78, 5) is 41.1. The molecule has 1 unspecified atom stereocenters. The van der Waals surface area contributed by atoms with Gasteiger partial charge in [0, 0.05) is 5.39 Å². The lowest BCUT2D eigenvalue weighted by molar-refractivity contribution is -0.126. The summed E-state index contributed by atoms with van der Waals surface area (Å²) in [6.07, 6.45) is 0. The monoisotopic (exact) mass is 485 g/mol. The average Bonchev–Trinajstić information content (AvgIpc) is 3.32. The van der Waals surface area contributed by atoms with Gasteiger partial charge in [-0.15, -0.1) is 0 Å². The predicted octanol–water partition coefficient (Wildman–Crippen LogP) is 4.93. The molecule has 1 aliphatic heterocycles. The molecule has 7 nitrogen and oxygen atoms in total. The zero-order valence-electron chi connectivity index (χ0n) is 17.6. The van der Waals surface area contributed by atoms with Gasteiger partial charge in [-0.2, -0.15) is 0 Å². The molecule has 0 radical (unpaired) electrons. The highest BCUT2D eigenvalue weighted by Gasteiger charge is 2.34. The largest absolute Gasteiger partial charge is 0.456 e. The fourth-order valence-electron chi connectivity index (χ4n) is 3.46. The van der Waals surface area contributed by atoms with Crippen LogP contribution in [-0.4, -0.2) is 34.3 Å². The van der Waals surface area contributed by atoms with Gasteiger partial charge in [-0.05, 0) is 34.0 Å². The van der Waals surface area contributed by atoms with E-state index in [0.29, 0.717) is 9.99 Å². The Hall–Kier alpha value is -3.13. The molecular formula is C23H24BrN3O4. The topological polar surface area (TPSA) is 91.5 Å². The van der Waals surface area contributed by atoms with E-state index in [9.17, 15) is 14.4 Å². The maximum atomic E-state index is 12.6. The molecule has 0 saturated carbocycles. The van der Waals surface area contributed by atoms with Crippen LogP contribution in [0.15, 0.2) is 53.0 Å². The third-order valence-corrected chi connectivity index (χ3v) is 5.76. The second-order valence-corrected chi connectivity index (χ2v) is 7.54. The number of nitrogens with zero attached hydrogens (tertiary/aromatic N) is 1. The first-order valence-corrected chi connectivity index (χ1v) is 10.9. The Balaban J connectivity index is 0.00000132. The van der Waals surface area contributed by atoms with E-state index in [0.717, 1.165) is 16.5 Å². The molecule has 1 atom stereocenters. The Bertz CT molecular complexity index is 1090. The Labute approximate surface area is 188 Å². The fraction of sp³-hybridized carbons (Fsp3) is 0.261. The molecule has 3 aromatic rings. The molecule has 1 aromatic heterocycles. The van der Waals surface area contributed by atoms with E-state index < -0.39 is 18.0 Å². The number of imide groups is 1. The Morgan fingerprint density at radius 3 is 2.48 bits per heavy atom. The van der Waals surface area contributed by atoms with Crippen LogP contribution in [0, 0.1) is 0 Å². The summed E-state index contributed by atoms with van der Waals surface area (Å²) in [5, 5.41) is 3.30. The minimum atomic E-state index is -0.495. The smallest absolute Gasteiger partial charge is 0.356 e. The van der Waals surface area contributed by atoms with E-state index >= 15 is 0 Å². The van der Waals surface area contributed by atoms with Gasteiger partial charge in [-0.25, -0.2) is 9.59 Å². The number of esters is 1. The van der Waals surface area contributed by atoms with Gasteiger partial charge < -0.3 is 15.0 Å². The van der Waals surface area contributed by atoms with Gasteiger partial charge in [0.2, 0.25) is 0 Å². The van der Waals surface area contributed by atoms with Crippen molar-refractivity contribution >= 4 is 44.7 Å². The number of carbonyl (C=O) groups excluding carboxylic acids is 3. The molecule has 2 heterocycles. The van der Waals surface area contributed by atoms with Gasteiger partial charge in [0.05, 0.1) is 22.6 Å². The molecule has 2 N–H and O–H groups in total. The number of hydrogen-bond donors (Lipinski definition) is 2. The number of nitrogens with one attached hydrogen (secondary N) is 2.